The zero-order chi connectivity index (χ0) is 14.7. The third-order valence-electron chi connectivity index (χ3n) is 3.74. The normalized spacial score (nSPS) is 21.4. The summed E-state index contributed by atoms with van der Waals surface area (Å²) >= 11 is 0. The molecule has 1 aliphatic rings. The topological polar surface area (TPSA) is 75.6 Å². The van der Waals surface area contributed by atoms with Gasteiger partial charge in [-0.3, -0.25) is 4.79 Å². The minimum atomic E-state index is -1.05. The van der Waals surface area contributed by atoms with Crippen molar-refractivity contribution in [1.82, 2.24) is 5.32 Å². The third-order valence-corrected chi connectivity index (χ3v) is 3.74. The number of amides is 1. The Hall–Kier alpha value is -2.27. The lowest BCUT2D eigenvalue weighted by molar-refractivity contribution is -0.118. The fraction of sp³-hybridized carbons (Fsp3) is 0.312. The van der Waals surface area contributed by atoms with Crippen molar-refractivity contribution in [2.24, 2.45) is 0 Å². The van der Waals surface area contributed by atoms with Gasteiger partial charge < -0.3 is 19.3 Å². The van der Waals surface area contributed by atoms with Crippen LogP contribution in [0.2, 0.25) is 0 Å². The first kappa shape index (κ1) is 13.7. The number of carbonyl (C=O) groups is 1. The summed E-state index contributed by atoms with van der Waals surface area (Å²) in [6, 6.07) is 5.29. The van der Waals surface area contributed by atoms with E-state index in [9.17, 15) is 9.90 Å². The molecule has 3 rings (SSSR count). The summed E-state index contributed by atoms with van der Waals surface area (Å²) < 4.78 is 10.5. The van der Waals surface area contributed by atoms with E-state index in [1.54, 1.807) is 36.8 Å². The summed E-state index contributed by atoms with van der Waals surface area (Å²) in [6.07, 6.45) is 8.39. The van der Waals surface area contributed by atoms with E-state index in [-0.39, 0.29) is 12.5 Å². The van der Waals surface area contributed by atoms with Crippen LogP contribution in [0.1, 0.15) is 29.9 Å². The van der Waals surface area contributed by atoms with Gasteiger partial charge in [-0.2, -0.15) is 0 Å². The van der Waals surface area contributed by atoms with Crippen molar-refractivity contribution in [2.75, 3.05) is 6.54 Å². The van der Waals surface area contributed by atoms with Crippen LogP contribution in [0.25, 0.3) is 6.08 Å². The molecule has 1 amide bonds. The largest absolute Gasteiger partial charge is 0.469 e. The molecule has 5 heteroatoms. The van der Waals surface area contributed by atoms with E-state index >= 15 is 0 Å². The van der Waals surface area contributed by atoms with Crippen molar-refractivity contribution in [1.29, 1.82) is 0 Å². The van der Waals surface area contributed by atoms with Gasteiger partial charge in [-0.1, -0.05) is 0 Å². The van der Waals surface area contributed by atoms with E-state index in [1.165, 1.54) is 6.08 Å². The number of carbonyl (C=O) groups excluding carboxylic acids is 1. The van der Waals surface area contributed by atoms with Gasteiger partial charge >= 0.3 is 0 Å². The molecule has 2 heterocycles. The lowest BCUT2D eigenvalue weighted by atomic mass is 9.83. The Morgan fingerprint density at radius 1 is 1.38 bits per heavy atom. The maximum atomic E-state index is 11.8. The SMILES string of the molecule is O=C(/C=C/c1ccco1)NCC1(O)CCCc2occc21. The Labute approximate surface area is 122 Å². The predicted octanol–water partition coefficient (Wildman–Crippen LogP) is 2.23. The van der Waals surface area contributed by atoms with Crippen LogP contribution in [-0.4, -0.2) is 17.6 Å². The van der Waals surface area contributed by atoms with E-state index < -0.39 is 5.60 Å². The molecule has 0 spiro atoms. The number of rotatable bonds is 4. The van der Waals surface area contributed by atoms with Crippen molar-refractivity contribution >= 4 is 12.0 Å². The van der Waals surface area contributed by atoms with Crippen LogP contribution in [0.15, 0.2) is 45.6 Å². The van der Waals surface area contributed by atoms with E-state index in [0.717, 1.165) is 24.2 Å². The monoisotopic (exact) mass is 287 g/mol. The smallest absolute Gasteiger partial charge is 0.244 e. The summed E-state index contributed by atoms with van der Waals surface area (Å²) in [4.78, 5) is 11.8. The first-order valence-corrected chi connectivity index (χ1v) is 6.96. The zero-order valence-corrected chi connectivity index (χ0v) is 11.5. The summed E-state index contributed by atoms with van der Waals surface area (Å²) in [6.45, 7) is 0.168. The Bertz CT molecular complexity index is 641. The summed E-state index contributed by atoms with van der Waals surface area (Å²) in [5, 5.41) is 13.4. The van der Waals surface area contributed by atoms with Crippen molar-refractivity contribution in [2.45, 2.75) is 24.9 Å². The number of fused-ring (bicyclic) bond motifs is 1. The van der Waals surface area contributed by atoms with Gasteiger partial charge in [-0.15, -0.1) is 0 Å². The lowest BCUT2D eigenvalue weighted by Gasteiger charge is -2.31. The first-order chi connectivity index (χ1) is 10.2. The third kappa shape index (κ3) is 2.92. The maximum absolute atomic E-state index is 11.8. The maximum Gasteiger partial charge on any atom is 0.244 e. The van der Waals surface area contributed by atoms with Crippen LogP contribution in [0.5, 0.6) is 0 Å². The zero-order valence-electron chi connectivity index (χ0n) is 11.5. The first-order valence-electron chi connectivity index (χ1n) is 6.96. The molecule has 0 fully saturated rings. The van der Waals surface area contributed by atoms with Gasteiger partial charge in [-0.05, 0) is 37.1 Å². The number of nitrogens with one attached hydrogen (secondary N) is 1. The molecule has 1 aliphatic carbocycles. The number of aryl methyl sites for hydroxylation is 1. The summed E-state index contributed by atoms with van der Waals surface area (Å²) in [7, 11) is 0. The van der Waals surface area contributed by atoms with Gasteiger partial charge in [0.1, 0.15) is 17.1 Å². The van der Waals surface area contributed by atoms with Crippen molar-refractivity contribution in [3.63, 3.8) is 0 Å². The quantitative estimate of drug-likeness (QED) is 0.845. The van der Waals surface area contributed by atoms with Gasteiger partial charge in [0.25, 0.3) is 0 Å². The second kappa shape index (κ2) is 5.61. The van der Waals surface area contributed by atoms with E-state index in [2.05, 4.69) is 5.32 Å². The highest BCUT2D eigenvalue weighted by Gasteiger charge is 2.36. The van der Waals surface area contributed by atoms with Gasteiger partial charge in [0.15, 0.2) is 0 Å². The highest BCUT2D eigenvalue weighted by molar-refractivity contribution is 5.91. The van der Waals surface area contributed by atoms with Crippen LogP contribution in [0.4, 0.5) is 0 Å². The summed E-state index contributed by atoms with van der Waals surface area (Å²) in [5.74, 6) is 1.15. The molecule has 2 aromatic rings. The molecule has 0 aromatic carbocycles. The highest BCUT2D eigenvalue weighted by Crippen LogP contribution is 2.35. The molecular formula is C16H17NO4. The Morgan fingerprint density at radius 2 is 2.29 bits per heavy atom. The molecule has 0 saturated carbocycles. The van der Waals surface area contributed by atoms with Crippen LogP contribution in [0.3, 0.4) is 0 Å². The average molecular weight is 287 g/mol. The molecule has 0 aliphatic heterocycles. The molecule has 1 unspecified atom stereocenters. The van der Waals surface area contributed by atoms with Gasteiger partial charge in [0.2, 0.25) is 5.91 Å². The molecule has 0 bridgehead atoms. The number of hydrogen-bond donors (Lipinski definition) is 2. The molecule has 110 valence electrons. The fourth-order valence-corrected chi connectivity index (χ4v) is 2.64. The van der Waals surface area contributed by atoms with Gasteiger partial charge in [0.05, 0.1) is 19.1 Å². The van der Waals surface area contributed by atoms with Gasteiger partial charge in [-0.25, -0.2) is 0 Å². The second-order valence-corrected chi connectivity index (χ2v) is 5.21. The minimum Gasteiger partial charge on any atom is -0.469 e. The standard InChI is InChI=1S/C16H17NO4/c18-15(6-5-12-3-2-9-20-12)17-11-16(19)8-1-4-14-13(16)7-10-21-14/h2-3,5-7,9-10,19H,1,4,8,11H2,(H,17,18)/b6-5+. The predicted molar refractivity (Wildman–Crippen MR) is 76.3 cm³/mol. The van der Waals surface area contributed by atoms with Crippen molar-refractivity contribution < 1.29 is 18.7 Å². The molecule has 2 aromatic heterocycles. The van der Waals surface area contributed by atoms with E-state index in [1.807, 2.05) is 0 Å². The molecule has 1 atom stereocenters. The Kier molecular flexibility index (Phi) is 3.66. The number of furan rings is 2. The second-order valence-electron chi connectivity index (χ2n) is 5.21. The van der Waals surface area contributed by atoms with Crippen LogP contribution >= 0.6 is 0 Å². The summed E-state index contributed by atoms with van der Waals surface area (Å²) in [5.41, 5.74) is -0.265. The molecule has 0 saturated heterocycles. The van der Waals surface area contributed by atoms with Crippen molar-refractivity contribution in [3.05, 3.63) is 53.9 Å². The highest BCUT2D eigenvalue weighted by atomic mass is 16.3. The Morgan fingerprint density at radius 3 is 3.10 bits per heavy atom. The Balaban J connectivity index is 1.62. The molecule has 5 nitrogen and oxygen atoms in total. The van der Waals surface area contributed by atoms with Crippen LogP contribution in [-0.2, 0) is 16.8 Å². The van der Waals surface area contributed by atoms with E-state index in [0.29, 0.717) is 12.2 Å². The number of aliphatic hydroxyl groups is 1. The molecular weight excluding hydrogens is 270 g/mol. The molecule has 2 N–H and O–H groups in total. The van der Waals surface area contributed by atoms with Gasteiger partial charge in [0, 0.05) is 18.1 Å². The van der Waals surface area contributed by atoms with Crippen molar-refractivity contribution in [3.8, 4) is 0 Å². The van der Waals surface area contributed by atoms with Crippen LogP contribution < -0.4 is 5.32 Å². The average Bonchev–Trinajstić information content (AvgIpc) is 3.14. The minimum absolute atomic E-state index is 0.168. The van der Waals surface area contributed by atoms with E-state index in [4.69, 9.17) is 8.83 Å². The molecule has 21 heavy (non-hydrogen) atoms. The lowest BCUT2D eigenvalue weighted by Crippen LogP contribution is -2.42. The molecule has 0 radical (unpaired) electrons. The number of hydrogen-bond acceptors (Lipinski definition) is 4. The van der Waals surface area contributed by atoms with Crippen LogP contribution in [0, 0.1) is 0 Å². The fourth-order valence-electron chi connectivity index (χ4n) is 2.64.